The number of nitrogens with zero attached hydrogens (tertiary/aromatic N) is 2. The highest BCUT2D eigenvalue weighted by Crippen LogP contribution is 2.39. The third-order valence-corrected chi connectivity index (χ3v) is 7.46. The Balaban J connectivity index is 1.44. The molecule has 0 aromatic carbocycles. The van der Waals surface area contributed by atoms with Gasteiger partial charge in [0.2, 0.25) is 10.0 Å². The Morgan fingerprint density at radius 3 is 3.00 bits per heavy atom. The van der Waals surface area contributed by atoms with Gasteiger partial charge >= 0.3 is 0 Å². The topological polar surface area (TPSA) is 71.5 Å². The van der Waals surface area contributed by atoms with Crippen molar-refractivity contribution in [2.24, 2.45) is 0 Å². The number of halogens is 1. The second-order valence-electron chi connectivity index (χ2n) is 7.05. The summed E-state index contributed by atoms with van der Waals surface area (Å²) < 4.78 is 46.4. The van der Waals surface area contributed by atoms with E-state index in [0.29, 0.717) is 26.1 Å². The molecule has 3 fully saturated rings. The Labute approximate surface area is 141 Å². The molecule has 1 aromatic heterocycles. The summed E-state index contributed by atoms with van der Waals surface area (Å²) in [4.78, 5) is 4.01. The fourth-order valence-electron chi connectivity index (χ4n) is 3.76. The van der Waals surface area contributed by atoms with Gasteiger partial charge in [-0.15, -0.1) is 0 Å². The Hall–Kier alpha value is -1.25. The van der Waals surface area contributed by atoms with Crippen LogP contribution in [0.15, 0.2) is 18.3 Å². The lowest BCUT2D eigenvalue weighted by Crippen LogP contribution is -2.51. The zero-order chi connectivity index (χ0) is 16.8. The van der Waals surface area contributed by atoms with Crippen molar-refractivity contribution in [1.82, 2.24) is 9.29 Å². The van der Waals surface area contributed by atoms with Crippen molar-refractivity contribution in [2.75, 3.05) is 25.0 Å². The fourth-order valence-corrected chi connectivity index (χ4v) is 5.71. The smallest absolute Gasteiger partial charge is 0.217 e. The van der Waals surface area contributed by atoms with Crippen LogP contribution in [0.3, 0.4) is 0 Å². The quantitative estimate of drug-likeness (QED) is 0.891. The van der Waals surface area contributed by atoms with Crippen LogP contribution in [-0.2, 0) is 14.8 Å². The van der Waals surface area contributed by atoms with Gasteiger partial charge in [0.1, 0.15) is 0 Å². The summed E-state index contributed by atoms with van der Waals surface area (Å²) in [6.07, 6.45) is 5.40. The lowest BCUT2D eigenvalue weighted by atomic mass is 9.90. The number of sulfonamides is 1. The zero-order valence-electron chi connectivity index (χ0n) is 13.4. The molecule has 3 heterocycles. The van der Waals surface area contributed by atoms with Crippen molar-refractivity contribution in [1.29, 1.82) is 0 Å². The first kappa shape index (κ1) is 16.2. The van der Waals surface area contributed by atoms with E-state index in [0.717, 1.165) is 25.7 Å². The van der Waals surface area contributed by atoms with E-state index in [1.807, 2.05) is 0 Å². The Bertz CT molecular complexity index is 725. The number of ether oxygens (including phenoxy) is 1. The van der Waals surface area contributed by atoms with Crippen molar-refractivity contribution in [2.45, 2.75) is 49.0 Å². The molecule has 0 radical (unpaired) electrons. The van der Waals surface area contributed by atoms with Gasteiger partial charge in [0.05, 0.1) is 23.5 Å². The standard InChI is InChI=1S/C16H22FN3O3S/c17-14-3-1-7-18-15(14)19-12-9-16(23-10-12)6-2-8-20(11-16)24(21,22)13-4-5-13/h1,3,7,12-13H,2,4-6,8-11H2,(H,18,19)/t12-,16-/m1/s1. The van der Waals surface area contributed by atoms with E-state index in [1.54, 1.807) is 16.6 Å². The highest BCUT2D eigenvalue weighted by molar-refractivity contribution is 7.90. The predicted molar refractivity (Wildman–Crippen MR) is 87.7 cm³/mol. The molecule has 8 heteroatoms. The molecule has 2 aliphatic heterocycles. The molecule has 3 aliphatic rings. The van der Waals surface area contributed by atoms with Crippen LogP contribution in [0.5, 0.6) is 0 Å². The number of hydrogen-bond acceptors (Lipinski definition) is 5. The minimum atomic E-state index is -3.17. The molecule has 0 amide bonds. The Morgan fingerprint density at radius 2 is 2.25 bits per heavy atom. The van der Waals surface area contributed by atoms with Crippen LogP contribution >= 0.6 is 0 Å². The van der Waals surface area contributed by atoms with Gasteiger partial charge in [-0.05, 0) is 37.8 Å². The number of piperidine rings is 1. The summed E-state index contributed by atoms with van der Waals surface area (Å²) in [5.74, 6) is -0.165. The van der Waals surface area contributed by atoms with Crippen LogP contribution in [0.2, 0.25) is 0 Å². The van der Waals surface area contributed by atoms with Crippen molar-refractivity contribution in [3.05, 3.63) is 24.1 Å². The number of anilines is 1. The van der Waals surface area contributed by atoms with Gasteiger partial charge in [0, 0.05) is 25.7 Å². The maximum Gasteiger partial charge on any atom is 0.217 e. The van der Waals surface area contributed by atoms with E-state index in [9.17, 15) is 12.8 Å². The van der Waals surface area contributed by atoms with Crippen LogP contribution in [-0.4, -0.2) is 54.3 Å². The number of nitrogens with one attached hydrogen (secondary N) is 1. The summed E-state index contributed by atoms with van der Waals surface area (Å²) in [7, 11) is -3.17. The van der Waals surface area contributed by atoms with E-state index in [4.69, 9.17) is 4.74 Å². The highest BCUT2D eigenvalue weighted by atomic mass is 32.2. The van der Waals surface area contributed by atoms with E-state index >= 15 is 0 Å². The summed E-state index contributed by atoms with van der Waals surface area (Å²) in [5, 5.41) is 2.90. The third kappa shape index (κ3) is 3.02. The molecule has 1 N–H and O–H groups in total. The average molecular weight is 355 g/mol. The molecule has 2 saturated heterocycles. The van der Waals surface area contributed by atoms with Crippen LogP contribution in [0.4, 0.5) is 10.2 Å². The van der Waals surface area contributed by atoms with Crippen LogP contribution in [0.25, 0.3) is 0 Å². The van der Waals surface area contributed by atoms with Crippen molar-refractivity contribution < 1.29 is 17.5 Å². The van der Waals surface area contributed by atoms with Gasteiger partial charge in [0.25, 0.3) is 0 Å². The van der Waals surface area contributed by atoms with E-state index in [2.05, 4.69) is 10.3 Å². The molecule has 132 valence electrons. The third-order valence-electron chi connectivity index (χ3n) is 5.12. The second-order valence-corrected chi connectivity index (χ2v) is 9.27. The van der Waals surface area contributed by atoms with E-state index in [1.165, 1.54) is 6.07 Å². The minimum absolute atomic E-state index is 0.0574. The number of rotatable bonds is 4. The van der Waals surface area contributed by atoms with Crippen molar-refractivity contribution in [3.8, 4) is 0 Å². The summed E-state index contributed by atoms with van der Waals surface area (Å²) in [6, 6.07) is 2.86. The molecule has 1 spiro atoms. The fraction of sp³-hybridized carbons (Fsp3) is 0.688. The van der Waals surface area contributed by atoms with Gasteiger partial charge in [-0.2, -0.15) is 4.31 Å². The number of pyridine rings is 1. The molecule has 1 saturated carbocycles. The average Bonchev–Trinajstić information content (AvgIpc) is 3.36. The lowest BCUT2D eigenvalue weighted by Gasteiger charge is -2.39. The molecule has 0 bridgehead atoms. The summed E-state index contributed by atoms with van der Waals surface area (Å²) in [5.41, 5.74) is -0.455. The van der Waals surface area contributed by atoms with Gasteiger partial charge in [-0.1, -0.05) is 0 Å². The molecule has 1 aliphatic carbocycles. The maximum absolute atomic E-state index is 13.7. The van der Waals surface area contributed by atoms with Gasteiger partial charge in [0.15, 0.2) is 11.6 Å². The maximum atomic E-state index is 13.7. The second kappa shape index (κ2) is 5.93. The molecule has 4 rings (SSSR count). The molecule has 24 heavy (non-hydrogen) atoms. The van der Waals surface area contributed by atoms with E-state index in [-0.39, 0.29) is 22.9 Å². The first-order valence-corrected chi connectivity index (χ1v) is 9.99. The lowest BCUT2D eigenvalue weighted by molar-refractivity contribution is -0.0329. The van der Waals surface area contributed by atoms with E-state index < -0.39 is 15.6 Å². The van der Waals surface area contributed by atoms with Gasteiger partial charge in [-0.25, -0.2) is 17.8 Å². The summed E-state index contributed by atoms with van der Waals surface area (Å²) in [6.45, 7) is 1.43. The highest BCUT2D eigenvalue weighted by Gasteiger charge is 2.49. The largest absolute Gasteiger partial charge is 0.371 e. The Morgan fingerprint density at radius 1 is 1.42 bits per heavy atom. The SMILES string of the molecule is O=S(=O)(C1CC1)N1CCC[C@@]2(C[C@@H](Nc3ncccc3F)CO2)C1. The van der Waals surface area contributed by atoms with Gasteiger partial charge < -0.3 is 10.1 Å². The van der Waals surface area contributed by atoms with Crippen molar-refractivity contribution >= 4 is 15.8 Å². The summed E-state index contributed by atoms with van der Waals surface area (Å²) >= 11 is 0. The van der Waals surface area contributed by atoms with Gasteiger partial charge in [-0.3, -0.25) is 0 Å². The number of aromatic nitrogens is 1. The molecule has 1 aromatic rings. The Kier molecular flexibility index (Phi) is 4.01. The minimum Gasteiger partial charge on any atom is -0.371 e. The van der Waals surface area contributed by atoms with Crippen LogP contribution in [0, 0.1) is 5.82 Å². The predicted octanol–water partition coefficient (Wildman–Crippen LogP) is 1.75. The first-order valence-electron chi connectivity index (χ1n) is 8.49. The van der Waals surface area contributed by atoms with Crippen LogP contribution in [0.1, 0.15) is 32.1 Å². The molecule has 6 nitrogen and oxygen atoms in total. The number of hydrogen-bond donors (Lipinski definition) is 1. The normalized spacial score (nSPS) is 31.5. The zero-order valence-corrected chi connectivity index (χ0v) is 14.3. The molecule has 0 unspecified atom stereocenters. The first-order chi connectivity index (χ1) is 11.5. The molecular weight excluding hydrogens is 333 g/mol. The monoisotopic (exact) mass is 355 g/mol. The molecular formula is C16H22FN3O3S. The van der Waals surface area contributed by atoms with Crippen molar-refractivity contribution in [3.63, 3.8) is 0 Å². The van der Waals surface area contributed by atoms with Crippen LogP contribution < -0.4 is 5.32 Å². The molecule has 2 atom stereocenters.